The van der Waals surface area contributed by atoms with Crippen LogP contribution in [0.4, 0.5) is 0 Å². The monoisotopic (exact) mass is 240 g/mol. The van der Waals surface area contributed by atoms with E-state index in [1.807, 2.05) is 37.3 Å². The molecule has 0 atom stereocenters. The maximum Gasteiger partial charge on any atom is 0.256 e. The fourth-order valence-electron chi connectivity index (χ4n) is 1.80. The predicted molar refractivity (Wildman–Crippen MR) is 67.3 cm³/mol. The van der Waals surface area contributed by atoms with E-state index in [0.717, 1.165) is 5.56 Å². The zero-order chi connectivity index (χ0) is 12.5. The molecule has 5 heteroatoms. The lowest BCUT2D eigenvalue weighted by molar-refractivity contribution is 0.435. The third-order valence-electron chi connectivity index (χ3n) is 2.72. The van der Waals surface area contributed by atoms with Gasteiger partial charge in [0.05, 0.1) is 5.69 Å². The number of aryl methyl sites for hydroxylation is 1. The first kappa shape index (κ1) is 10.7. The standard InChI is InChI=1S/C13H12N4O/c1-2-11-15-13-14-10(8-12(18)17(13)16-11)9-6-4-3-5-7-9/h3-8,18H,2H2,1H3. The molecule has 3 aromatic rings. The highest BCUT2D eigenvalue weighted by molar-refractivity contribution is 5.61. The normalized spacial score (nSPS) is 10.9. The summed E-state index contributed by atoms with van der Waals surface area (Å²) in [6, 6.07) is 11.3. The van der Waals surface area contributed by atoms with E-state index < -0.39 is 0 Å². The molecule has 1 N–H and O–H groups in total. The number of benzene rings is 1. The van der Waals surface area contributed by atoms with Gasteiger partial charge in [-0.3, -0.25) is 0 Å². The van der Waals surface area contributed by atoms with Crippen LogP contribution in [0, 0.1) is 0 Å². The van der Waals surface area contributed by atoms with E-state index >= 15 is 0 Å². The molecule has 0 aliphatic rings. The first-order valence-corrected chi connectivity index (χ1v) is 5.79. The lowest BCUT2D eigenvalue weighted by Gasteiger charge is -2.02. The molecule has 0 amide bonds. The van der Waals surface area contributed by atoms with E-state index in [1.54, 1.807) is 6.07 Å². The highest BCUT2D eigenvalue weighted by Crippen LogP contribution is 2.21. The van der Waals surface area contributed by atoms with Gasteiger partial charge in [0, 0.05) is 18.1 Å². The van der Waals surface area contributed by atoms with Crippen molar-refractivity contribution in [2.24, 2.45) is 0 Å². The Hall–Kier alpha value is -2.43. The van der Waals surface area contributed by atoms with E-state index in [9.17, 15) is 5.11 Å². The minimum Gasteiger partial charge on any atom is -0.493 e. The average Bonchev–Trinajstić information content (AvgIpc) is 2.83. The topological polar surface area (TPSA) is 63.3 Å². The molecule has 3 rings (SSSR count). The Bertz CT molecular complexity index is 691. The van der Waals surface area contributed by atoms with Gasteiger partial charge in [0.1, 0.15) is 0 Å². The minimum absolute atomic E-state index is 0.0473. The van der Waals surface area contributed by atoms with Crippen LogP contribution in [0.15, 0.2) is 36.4 Å². The Morgan fingerprint density at radius 3 is 2.67 bits per heavy atom. The average molecular weight is 240 g/mol. The van der Waals surface area contributed by atoms with Crippen LogP contribution in [-0.4, -0.2) is 24.7 Å². The Kier molecular flexibility index (Phi) is 2.44. The molecule has 0 aliphatic carbocycles. The third kappa shape index (κ3) is 1.69. The van der Waals surface area contributed by atoms with Crippen LogP contribution < -0.4 is 0 Å². The van der Waals surface area contributed by atoms with Gasteiger partial charge in [0.2, 0.25) is 5.88 Å². The van der Waals surface area contributed by atoms with Gasteiger partial charge in [-0.25, -0.2) is 4.98 Å². The SMILES string of the molecule is CCc1nc2nc(-c3ccccc3)cc(O)n2n1. The number of hydrogen-bond acceptors (Lipinski definition) is 4. The van der Waals surface area contributed by atoms with Gasteiger partial charge in [0.25, 0.3) is 5.78 Å². The number of nitrogens with zero attached hydrogens (tertiary/aromatic N) is 4. The van der Waals surface area contributed by atoms with E-state index in [4.69, 9.17) is 0 Å². The summed E-state index contributed by atoms with van der Waals surface area (Å²) in [4.78, 5) is 8.66. The second-order valence-corrected chi connectivity index (χ2v) is 3.96. The van der Waals surface area contributed by atoms with Crippen LogP contribution in [0.1, 0.15) is 12.7 Å². The minimum atomic E-state index is 0.0473. The summed E-state index contributed by atoms with van der Waals surface area (Å²) in [7, 11) is 0. The maximum absolute atomic E-state index is 9.94. The molecule has 0 spiro atoms. The van der Waals surface area contributed by atoms with Crippen LogP contribution >= 0.6 is 0 Å². The zero-order valence-corrected chi connectivity index (χ0v) is 9.91. The molecular weight excluding hydrogens is 228 g/mol. The first-order chi connectivity index (χ1) is 8.78. The largest absolute Gasteiger partial charge is 0.493 e. The van der Waals surface area contributed by atoms with Gasteiger partial charge in [-0.1, -0.05) is 37.3 Å². The van der Waals surface area contributed by atoms with Crippen LogP contribution in [0.3, 0.4) is 0 Å². The Balaban J connectivity index is 2.21. The molecule has 0 unspecified atom stereocenters. The van der Waals surface area contributed by atoms with Gasteiger partial charge >= 0.3 is 0 Å². The fourth-order valence-corrected chi connectivity index (χ4v) is 1.80. The molecule has 90 valence electrons. The lowest BCUT2D eigenvalue weighted by Crippen LogP contribution is -1.94. The summed E-state index contributed by atoms with van der Waals surface area (Å²) >= 11 is 0. The Labute approximate surface area is 104 Å². The molecule has 2 heterocycles. The molecule has 0 bridgehead atoms. The van der Waals surface area contributed by atoms with E-state index in [0.29, 0.717) is 23.7 Å². The van der Waals surface area contributed by atoms with E-state index in [2.05, 4.69) is 15.1 Å². The number of hydrogen-bond donors (Lipinski definition) is 1. The summed E-state index contributed by atoms with van der Waals surface area (Å²) in [5, 5.41) is 14.1. The van der Waals surface area contributed by atoms with Crippen molar-refractivity contribution in [1.29, 1.82) is 0 Å². The van der Waals surface area contributed by atoms with Crippen molar-refractivity contribution in [3.63, 3.8) is 0 Å². The molecule has 0 fully saturated rings. The molecule has 0 aliphatic heterocycles. The van der Waals surface area contributed by atoms with Crippen molar-refractivity contribution in [3.05, 3.63) is 42.2 Å². The number of fused-ring (bicyclic) bond motifs is 1. The number of rotatable bonds is 2. The molecule has 0 saturated heterocycles. The van der Waals surface area contributed by atoms with Gasteiger partial charge in [-0.2, -0.15) is 9.50 Å². The van der Waals surface area contributed by atoms with Crippen molar-refractivity contribution >= 4 is 5.78 Å². The van der Waals surface area contributed by atoms with Gasteiger partial charge in [-0.15, -0.1) is 5.10 Å². The summed E-state index contributed by atoms with van der Waals surface area (Å²) in [6.45, 7) is 1.96. The van der Waals surface area contributed by atoms with Gasteiger partial charge in [-0.05, 0) is 0 Å². The Morgan fingerprint density at radius 1 is 1.17 bits per heavy atom. The molecule has 0 saturated carbocycles. The smallest absolute Gasteiger partial charge is 0.256 e. The molecule has 5 nitrogen and oxygen atoms in total. The molecule has 2 aromatic heterocycles. The van der Waals surface area contributed by atoms with Crippen LogP contribution in [-0.2, 0) is 6.42 Å². The van der Waals surface area contributed by atoms with Crippen molar-refractivity contribution in [1.82, 2.24) is 19.6 Å². The van der Waals surface area contributed by atoms with Crippen LogP contribution in [0.2, 0.25) is 0 Å². The number of aromatic hydroxyl groups is 1. The van der Waals surface area contributed by atoms with Gasteiger partial charge in [0.15, 0.2) is 5.82 Å². The first-order valence-electron chi connectivity index (χ1n) is 5.79. The van der Waals surface area contributed by atoms with E-state index in [-0.39, 0.29) is 5.88 Å². The molecule has 0 radical (unpaired) electrons. The van der Waals surface area contributed by atoms with Crippen LogP contribution in [0.25, 0.3) is 17.0 Å². The molecule has 18 heavy (non-hydrogen) atoms. The number of aromatic nitrogens is 4. The zero-order valence-electron chi connectivity index (χ0n) is 9.91. The highest BCUT2D eigenvalue weighted by atomic mass is 16.3. The van der Waals surface area contributed by atoms with Crippen molar-refractivity contribution in [3.8, 4) is 17.1 Å². The van der Waals surface area contributed by atoms with Crippen molar-refractivity contribution in [2.75, 3.05) is 0 Å². The second kappa shape index (κ2) is 4.10. The van der Waals surface area contributed by atoms with Gasteiger partial charge < -0.3 is 5.11 Å². The fraction of sp³-hybridized carbons (Fsp3) is 0.154. The van der Waals surface area contributed by atoms with Crippen LogP contribution in [0.5, 0.6) is 5.88 Å². The maximum atomic E-state index is 9.94. The molecular formula is C13H12N4O. The summed E-state index contributed by atoms with van der Waals surface area (Å²) in [5.74, 6) is 1.14. The Morgan fingerprint density at radius 2 is 1.94 bits per heavy atom. The second-order valence-electron chi connectivity index (χ2n) is 3.96. The highest BCUT2D eigenvalue weighted by Gasteiger charge is 2.10. The predicted octanol–water partition coefficient (Wildman–Crippen LogP) is 2.06. The van der Waals surface area contributed by atoms with Crippen molar-refractivity contribution in [2.45, 2.75) is 13.3 Å². The third-order valence-corrected chi connectivity index (χ3v) is 2.72. The molecule has 1 aromatic carbocycles. The summed E-state index contributed by atoms with van der Waals surface area (Å²) in [5.41, 5.74) is 1.63. The van der Waals surface area contributed by atoms with E-state index in [1.165, 1.54) is 4.52 Å². The van der Waals surface area contributed by atoms with Crippen molar-refractivity contribution < 1.29 is 5.11 Å². The summed E-state index contributed by atoms with van der Waals surface area (Å²) in [6.07, 6.45) is 0.712. The lowest BCUT2D eigenvalue weighted by atomic mass is 10.1. The quantitative estimate of drug-likeness (QED) is 0.744. The summed E-state index contributed by atoms with van der Waals surface area (Å²) < 4.78 is 1.35.